The van der Waals surface area contributed by atoms with Crippen LogP contribution >= 0.6 is 0 Å². The van der Waals surface area contributed by atoms with E-state index in [2.05, 4.69) is 0 Å². The van der Waals surface area contributed by atoms with Gasteiger partial charge in [0.1, 0.15) is 0 Å². The number of hydrogen-bond donors (Lipinski definition) is 1. The van der Waals surface area contributed by atoms with Gasteiger partial charge in [-0.3, -0.25) is 9.00 Å². The van der Waals surface area contributed by atoms with Crippen molar-refractivity contribution in [2.24, 2.45) is 0 Å². The van der Waals surface area contributed by atoms with E-state index in [-0.39, 0.29) is 24.7 Å². The van der Waals surface area contributed by atoms with Gasteiger partial charge in [-0.1, -0.05) is 18.6 Å². The van der Waals surface area contributed by atoms with Crippen molar-refractivity contribution < 1.29 is 27.6 Å². The fraction of sp³-hybridized carbons (Fsp3) is 0.350. The van der Waals surface area contributed by atoms with Crippen LogP contribution in [-0.4, -0.2) is 27.1 Å². The normalized spacial score (nSPS) is 15.2. The Bertz CT molecular complexity index is 842. The summed E-state index contributed by atoms with van der Waals surface area (Å²) in [5.74, 6) is -3.22. The maximum atomic E-state index is 14.3. The number of carbonyl (C=O) groups is 1. The summed E-state index contributed by atoms with van der Waals surface area (Å²) < 4.78 is 46.1. The third-order valence-corrected chi connectivity index (χ3v) is 6.33. The van der Waals surface area contributed by atoms with E-state index in [1.54, 1.807) is 24.3 Å². The Labute approximate surface area is 158 Å². The third kappa shape index (κ3) is 4.71. The van der Waals surface area contributed by atoms with Crippen molar-refractivity contribution in [2.75, 3.05) is 6.61 Å². The van der Waals surface area contributed by atoms with Crippen molar-refractivity contribution in [1.29, 1.82) is 0 Å². The highest BCUT2D eigenvalue weighted by Crippen LogP contribution is 2.32. The van der Waals surface area contributed by atoms with Crippen LogP contribution in [-0.2, 0) is 15.6 Å². The van der Waals surface area contributed by atoms with Gasteiger partial charge in [0, 0.05) is 16.6 Å². The third-order valence-electron chi connectivity index (χ3n) is 4.53. The summed E-state index contributed by atoms with van der Waals surface area (Å²) >= 11 is 0. The molecular formula is C20H20F2O4S. The smallest absolute Gasteiger partial charge is 0.303 e. The minimum absolute atomic E-state index is 0.0880. The molecule has 1 atom stereocenters. The first kappa shape index (κ1) is 19.5. The Hall–Kier alpha value is -2.28. The van der Waals surface area contributed by atoms with E-state index in [9.17, 15) is 17.8 Å². The largest absolute Gasteiger partial charge is 0.488 e. The van der Waals surface area contributed by atoms with Crippen LogP contribution in [0.2, 0.25) is 0 Å². The average Bonchev–Trinajstić information content (AvgIpc) is 2.58. The number of benzene rings is 2. The number of rotatable bonds is 8. The first-order valence-corrected chi connectivity index (χ1v) is 10.0. The molecule has 0 bridgehead atoms. The summed E-state index contributed by atoms with van der Waals surface area (Å²) in [6.07, 6.45) is 2.99. The van der Waals surface area contributed by atoms with Gasteiger partial charge in [0.05, 0.1) is 17.4 Å². The van der Waals surface area contributed by atoms with E-state index >= 15 is 0 Å². The van der Waals surface area contributed by atoms with E-state index in [4.69, 9.17) is 9.84 Å². The first-order chi connectivity index (χ1) is 13.0. The van der Waals surface area contributed by atoms with Crippen LogP contribution in [0.25, 0.3) is 11.1 Å². The van der Waals surface area contributed by atoms with E-state index in [0.29, 0.717) is 16.0 Å². The van der Waals surface area contributed by atoms with Crippen LogP contribution in [0.4, 0.5) is 8.78 Å². The zero-order valence-corrected chi connectivity index (χ0v) is 15.4. The number of carboxylic acid groups (broad SMARTS) is 1. The van der Waals surface area contributed by atoms with E-state index in [1.165, 1.54) is 12.1 Å². The van der Waals surface area contributed by atoms with Crippen molar-refractivity contribution >= 4 is 16.8 Å². The minimum Gasteiger partial charge on any atom is -0.488 e. The summed E-state index contributed by atoms with van der Waals surface area (Å²) in [4.78, 5) is 11.1. The molecule has 1 saturated carbocycles. The molecule has 3 rings (SSSR count). The molecule has 27 heavy (non-hydrogen) atoms. The lowest BCUT2D eigenvalue weighted by Crippen LogP contribution is -2.23. The summed E-state index contributed by atoms with van der Waals surface area (Å²) in [6.45, 7) is -0.0880. The fourth-order valence-electron chi connectivity index (χ4n) is 2.84. The minimum atomic E-state index is -1.11. The van der Waals surface area contributed by atoms with Crippen molar-refractivity contribution in [3.8, 4) is 16.9 Å². The Morgan fingerprint density at radius 3 is 2.44 bits per heavy atom. The molecule has 0 amide bonds. The van der Waals surface area contributed by atoms with Gasteiger partial charge in [0.2, 0.25) is 0 Å². The summed E-state index contributed by atoms with van der Waals surface area (Å²) in [7, 11) is -1.11. The molecule has 0 heterocycles. The molecule has 144 valence electrons. The van der Waals surface area contributed by atoms with Crippen LogP contribution in [0.1, 0.15) is 32.1 Å². The number of ether oxygens (including phenoxy) is 1. The monoisotopic (exact) mass is 394 g/mol. The van der Waals surface area contributed by atoms with Gasteiger partial charge in [-0.25, -0.2) is 8.78 Å². The molecule has 0 saturated heterocycles. The summed E-state index contributed by atoms with van der Waals surface area (Å²) in [6, 6.07) is 9.25. The lowest BCUT2D eigenvalue weighted by atomic mass is 10.00. The van der Waals surface area contributed by atoms with E-state index in [0.717, 1.165) is 19.3 Å². The molecule has 0 aliphatic heterocycles. The molecule has 1 unspecified atom stereocenters. The molecule has 1 aliphatic carbocycles. The number of halogens is 2. The maximum Gasteiger partial charge on any atom is 0.303 e. The molecule has 0 aromatic heterocycles. The predicted molar refractivity (Wildman–Crippen MR) is 98.2 cm³/mol. The molecule has 7 heteroatoms. The Kier molecular flexibility index (Phi) is 6.21. The first-order valence-electron chi connectivity index (χ1n) is 8.80. The molecule has 4 nitrogen and oxygen atoms in total. The zero-order valence-electron chi connectivity index (χ0n) is 14.6. The highest BCUT2D eigenvalue weighted by molar-refractivity contribution is 7.85. The van der Waals surface area contributed by atoms with Crippen molar-refractivity contribution in [2.45, 2.75) is 42.2 Å². The molecule has 2 aromatic rings. The topological polar surface area (TPSA) is 63.6 Å². The number of hydrogen-bond acceptors (Lipinski definition) is 3. The van der Waals surface area contributed by atoms with Crippen LogP contribution < -0.4 is 4.74 Å². The van der Waals surface area contributed by atoms with Gasteiger partial charge in [-0.2, -0.15) is 0 Å². The summed E-state index contributed by atoms with van der Waals surface area (Å²) in [5.41, 5.74) is 0.908. The maximum absolute atomic E-state index is 14.3. The molecule has 1 aliphatic rings. The lowest BCUT2D eigenvalue weighted by Gasteiger charge is -2.24. The fourth-order valence-corrected chi connectivity index (χ4v) is 4.44. The highest BCUT2D eigenvalue weighted by Gasteiger charge is 2.25. The predicted octanol–water partition coefficient (Wildman–Crippen LogP) is 4.54. The van der Waals surface area contributed by atoms with E-state index in [1.807, 2.05) is 0 Å². The Balaban J connectivity index is 1.77. The second-order valence-corrected chi connectivity index (χ2v) is 8.23. The average molecular weight is 394 g/mol. The van der Waals surface area contributed by atoms with Crippen molar-refractivity contribution in [1.82, 2.24) is 0 Å². The zero-order chi connectivity index (χ0) is 19.4. The van der Waals surface area contributed by atoms with Crippen molar-refractivity contribution in [3.63, 3.8) is 0 Å². The SMILES string of the molecule is O=C(O)CCCOc1c(F)cc(-c2cccc(S(=O)C3CCC3)c2)cc1F. The van der Waals surface area contributed by atoms with Crippen LogP contribution in [0.15, 0.2) is 41.3 Å². The van der Waals surface area contributed by atoms with Crippen LogP contribution in [0.5, 0.6) is 5.75 Å². The second kappa shape index (κ2) is 8.61. The van der Waals surface area contributed by atoms with Crippen LogP contribution in [0.3, 0.4) is 0 Å². The second-order valence-electron chi connectivity index (χ2n) is 6.49. The van der Waals surface area contributed by atoms with Gasteiger partial charge in [-0.05, 0) is 54.7 Å². The molecule has 1 fully saturated rings. The molecule has 2 aromatic carbocycles. The summed E-state index contributed by atoms with van der Waals surface area (Å²) in [5, 5.41) is 8.73. The molecule has 0 spiro atoms. The molecule has 0 radical (unpaired) electrons. The van der Waals surface area contributed by atoms with Gasteiger partial charge in [0.25, 0.3) is 0 Å². The Morgan fingerprint density at radius 2 is 1.85 bits per heavy atom. The quantitative estimate of drug-likeness (QED) is 0.668. The number of aliphatic carboxylic acids is 1. The standard InChI is InChI=1S/C20H20F2O4S/c21-17-11-14(12-18(22)20(17)26-9-3-8-19(23)24)13-4-1-7-16(10-13)27(25)15-5-2-6-15/h1,4,7,10-12,15H,2-3,5-6,8-9H2,(H,23,24). The molecular weight excluding hydrogens is 374 g/mol. The van der Waals surface area contributed by atoms with Gasteiger partial charge >= 0.3 is 5.97 Å². The lowest BCUT2D eigenvalue weighted by molar-refractivity contribution is -0.137. The Morgan fingerprint density at radius 1 is 1.15 bits per heavy atom. The molecule has 1 N–H and O–H groups in total. The van der Waals surface area contributed by atoms with E-state index < -0.39 is 34.2 Å². The number of carboxylic acids is 1. The van der Waals surface area contributed by atoms with Gasteiger partial charge < -0.3 is 9.84 Å². The van der Waals surface area contributed by atoms with Gasteiger partial charge in [-0.15, -0.1) is 0 Å². The van der Waals surface area contributed by atoms with Gasteiger partial charge in [0.15, 0.2) is 17.4 Å². The van der Waals surface area contributed by atoms with Crippen molar-refractivity contribution in [3.05, 3.63) is 48.0 Å². The highest BCUT2D eigenvalue weighted by atomic mass is 32.2. The van der Waals surface area contributed by atoms with Crippen LogP contribution in [0, 0.1) is 11.6 Å².